The molecule has 2 nitrogen and oxygen atoms in total. The molecule has 0 spiro atoms. The third kappa shape index (κ3) is 6.25. The monoisotopic (exact) mass is 395 g/mol. The van der Waals surface area contributed by atoms with Crippen LogP contribution in [0.15, 0.2) is 36.9 Å². The first-order valence-electron chi connectivity index (χ1n) is 6.17. The fraction of sp³-hybridized carbons (Fsp3) is 0.467. The highest BCUT2D eigenvalue weighted by atomic mass is 127. The highest BCUT2D eigenvalue weighted by Crippen LogP contribution is 2.30. The summed E-state index contributed by atoms with van der Waals surface area (Å²) < 4.78 is 0.826. The summed E-state index contributed by atoms with van der Waals surface area (Å²) in [6.45, 7) is 4.64. The van der Waals surface area contributed by atoms with E-state index in [4.69, 9.17) is 11.6 Å². The summed E-state index contributed by atoms with van der Waals surface area (Å²) in [4.78, 5) is 0. The van der Waals surface area contributed by atoms with Crippen molar-refractivity contribution in [3.8, 4) is 0 Å². The van der Waals surface area contributed by atoms with Crippen molar-refractivity contribution < 1.29 is 33.6 Å². The van der Waals surface area contributed by atoms with E-state index in [-0.39, 0.29) is 24.0 Å². The lowest BCUT2D eigenvalue weighted by molar-refractivity contribution is -0.871. The number of halogens is 2. The topological polar surface area (TPSA) is 20.2 Å². The zero-order chi connectivity index (χ0) is 13.8. The summed E-state index contributed by atoms with van der Waals surface area (Å²) in [6, 6.07) is 7.41. The molecule has 1 unspecified atom stereocenters. The van der Waals surface area contributed by atoms with Crippen LogP contribution in [0.2, 0.25) is 5.02 Å². The largest absolute Gasteiger partial charge is 1.00 e. The fourth-order valence-corrected chi connectivity index (χ4v) is 2.01. The van der Waals surface area contributed by atoms with Crippen LogP contribution in [0.3, 0.4) is 0 Å². The van der Waals surface area contributed by atoms with Crippen LogP contribution in [-0.4, -0.2) is 37.3 Å². The highest BCUT2D eigenvalue weighted by molar-refractivity contribution is 6.30. The van der Waals surface area contributed by atoms with E-state index in [1.807, 2.05) is 24.3 Å². The molecule has 1 N–H and O–H groups in total. The number of nitrogens with zero attached hydrogens (tertiary/aromatic N) is 1. The minimum Gasteiger partial charge on any atom is -1.00 e. The molecule has 0 aliphatic heterocycles. The normalized spacial score (nSPS) is 14.4. The second-order valence-corrected chi connectivity index (χ2v) is 6.23. The summed E-state index contributed by atoms with van der Waals surface area (Å²) in [7, 11) is 6.36. The van der Waals surface area contributed by atoms with Gasteiger partial charge in [-0.05, 0) is 24.1 Å². The fourth-order valence-electron chi connectivity index (χ4n) is 1.88. The van der Waals surface area contributed by atoms with Crippen LogP contribution in [0.4, 0.5) is 0 Å². The number of benzene rings is 1. The average Bonchev–Trinajstić information content (AvgIpc) is 2.27. The number of aliphatic hydroxyl groups is 1. The Hall–Kier alpha value is -0.100. The van der Waals surface area contributed by atoms with Crippen LogP contribution in [-0.2, 0) is 5.60 Å². The predicted molar refractivity (Wildman–Crippen MR) is 77.7 cm³/mol. The number of rotatable bonds is 6. The first-order chi connectivity index (χ1) is 8.27. The average molecular weight is 396 g/mol. The molecule has 0 aliphatic rings. The minimum absolute atomic E-state index is 0. The number of hydrogen-bond acceptors (Lipinski definition) is 1. The van der Waals surface area contributed by atoms with Gasteiger partial charge in [0.05, 0.1) is 33.3 Å². The smallest absolute Gasteiger partial charge is 0.0984 e. The van der Waals surface area contributed by atoms with Crippen molar-refractivity contribution >= 4 is 11.6 Å². The van der Waals surface area contributed by atoms with Gasteiger partial charge in [-0.15, -0.1) is 6.58 Å². The Bertz CT molecular complexity index is 400. The molecule has 0 amide bonds. The summed E-state index contributed by atoms with van der Waals surface area (Å²) in [5, 5.41) is 11.5. The molecule has 0 aliphatic carbocycles. The molecule has 1 aromatic rings. The SMILES string of the molecule is C=CCC(O)(CC[N+](C)(C)C)c1ccc(Cl)cc1.[I-]. The molecule has 0 saturated carbocycles. The Labute approximate surface area is 138 Å². The Morgan fingerprint density at radius 3 is 2.21 bits per heavy atom. The Morgan fingerprint density at radius 2 is 1.79 bits per heavy atom. The van der Waals surface area contributed by atoms with Crippen molar-refractivity contribution in [3.05, 3.63) is 47.5 Å². The van der Waals surface area contributed by atoms with Crippen LogP contribution in [0.1, 0.15) is 18.4 Å². The van der Waals surface area contributed by atoms with E-state index in [0.29, 0.717) is 17.9 Å². The van der Waals surface area contributed by atoms with Gasteiger partial charge < -0.3 is 33.6 Å². The molecule has 0 saturated heterocycles. The molecule has 0 radical (unpaired) electrons. The maximum atomic E-state index is 10.8. The van der Waals surface area contributed by atoms with E-state index in [9.17, 15) is 5.11 Å². The van der Waals surface area contributed by atoms with Crippen LogP contribution >= 0.6 is 11.6 Å². The van der Waals surface area contributed by atoms with Gasteiger partial charge >= 0.3 is 0 Å². The molecule has 0 bridgehead atoms. The van der Waals surface area contributed by atoms with E-state index in [1.165, 1.54) is 0 Å². The van der Waals surface area contributed by atoms with E-state index >= 15 is 0 Å². The van der Waals surface area contributed by atoms with Crippen molar-refractivity contribution in [2.75, 3.05) is 27.7 Å². The van der Waals surface area contributed by atoms with Gasteiger partial charge in [-0.2, -0.15) is 0 Å². The highest BCUT2D eigenvalue weighted by Gasteiger charge is 2.29. The molecule has 1 aromatic carbocycles. The van der Waals surface area contributed by atoms with Gasteiger partial charge in [0, 0.05) is 11.4 Å². The predicted octanol–water partition coefficient (Wildman–Crippen LogP) is 0.204. The minimum atomic E-state index is -0.849. The second kappa shape index (κ2) is 7.62. The number of quaternary nitrogens is 1. The standard InChI is InChI=1S/C15H23ClNO.HI/c1-5-10-15(18,11-12-17(2,3)4)13-6-8-14(16)9-7-13;/h5-9,18H,1,10-12H2,2-4H3;1H/q+1;/p-1. The van der Waals surface area contributed by atoms with Gasteiger partial charge in [-0.3, -0.25) is 0 Å². The molecule has 108 valence electrons. The summed E-state index contributed by atoms with van der Waals surface area (Å²) in [5.74, 6) is 0. The van der Waals surface area contributed by atoms with Gasteiger partial charge in [0.1, 0.15) is 0 Å². The first kappa shape index (κ1) is 18.9. The van der Waals surface area contributed by atoms with Crippen molar-refractivity contribution in [3.63, 3.8) is 0 Å². The van der Waals surface area contributed by atoms with Crippen molar-refractivity contribution in [2.24, 2.45) is 0 Å². The summed E-state index contributed by atoms with van der Waals surface area (Å²) in [6.07, 6.45) is 3.02. The number of hydrogen-bond donors (Lipinski definition) is 1. The van der Waals surface area contributed by atoms with Gasteiger partial charge in [0.2, 0.25) is 0 Å². The first-order valence-corrected chi connectivity index (χ1v) is 6.54. The zero-order valence-electron chi connectivity index (χ0n) is 11.9. The third-order valence-corrected chi connectivity index (χ3v) is 3.31. The second-order valence-electron chi connectivity index (χ2n) is 5.80. The quantitative estimate of drug-likeness (QED) is 0.415. The lowest BCUT2D eigenvalue weighted by Crippen LogP contribution is -3.00. The van der Waals surface area contributed by atoms with E-state index < -0.39 is 5.60 Å². The van der Waals surface area contributed by atoms with E-state index in [1.54, 1.807) is 6.08 Å². The molecule has 4 heteroatoms. The van der Waals surface area contributed by atoms with E-state index in [2.05, 4.69) is 27.7 Å². The molecule has 0 heterocycles. The van der Waals surface area contributed by atoms with Crippen molar-refractivity contribution in [1.82, 2.24) is 0 Å². The van der Waals surface area contributed by atoms with E-state index in [0.717, 1.165) is 16.6 Å². The van der Waals surface area contributed by atoms with Crippen LogP contribution in [0.25, 0.3) is 0 Å². The van der Waals surface area contributed by atoms with Crippen LogP contribution in [0.5, 0.6) is 0 Å². The summed E-state index contributed by atoms with van der Waals surface area (Å²) in [5.41, 5.74) is 0.0537. The molecule has 0 aromatic heterocycles. The maximum absolute atomic E-state index is 10.8. The maximum Gasteiger partial charge on any atom is 0.0984 e. The third-order valence-electron chi connectivity index (χ3n) is 3.06. The molecule has 1 atom stereocenters. The van der Waals surface area contributed by atoms with Crippen molar-refractivity contribution in [2.45, 2.75) is 18.4 Å². The lowest BCUT2D eigenvalue weighted by atomic mass is 9.87. The molecular formula is C15H23ClINO. The zero-order valence-corrected chi connectivity index (χ0v) is 14.8. The van der Waals surface area contributed by atoms with Gasteiger partial charge in [0.25, 0.3) is 0 Å². The Morgan fingerprint density at radius 1 is 1.26 bits per heavy atom. The Kier molecular flexibility index (Phi) is 7.58. The Balaban J connectivity index is 0.00000324. The van der Waals surface area contributed by atoms with Gasteiger partial charge in [-0.25, -0.2) is 0 Å². The molecule has 0 fully saturated rings. The summed E-state index contributed by atoms with van der Waals surface area (Å²) >= 11 is 5.88. The van der Waals surface area contributed by atoms with Crippen LogP contribution < -0.4 is 24.0 Å². The van der Waals surface area contributed by atoms with Crippen molar-refractivity contribution in [1.29, 1.82) is 0 Å². The lowest BCUT2D eigenvalue weighted by Gasteiger charge is -2.32. The molecule has 19 heavy (non-hydrogen) atoms. The van der Waals surface area contributed by atoms with Crippen LogP contribution in [0, 0.1) is 0 Å². The molecule has 1 rings (SSSR count). The van der Waals surface area contributed by atoms with Gasteiger partial charge in [-0.1, -0.05) is 29.8 Å². The van der Waals surface area contributed by atoms with Gasteiger partial charge in [0.15, 0.2) is 0 Å². The molecular weight excluding hydrogens is 373 g/mol.